The van der Waals surface area contributed by atoms with E-state index in [1.807, 2.05) is 4.90 Å². The molecule has 1 spiro atoms. The Labute approximate surface area is 143 Å². The minimum Gasteiger partial charge on any atom is -0.481 e. The van der Waals surface area contributed by atoms with E-state index in [9.17, 15) is 19.8 Å². The van der Waals surface area contributed by atoms with Gasteiger partial charge in [-0.15, -0.1) is 0 Å². The predicted molar refractivity (Wildman–Crippen MR) is 87.4 cm³/mol. The fourth-order valence-electron chi connectivity index (χ4n) is 5.11. The quantitative estimate of drug-likeness (QED) is 0.795. The van der Waals surface area contributed by atoms with Crippen LogP contribution in [-0.4, -0.2) is 59.9 Å². The molecule has 2 aliphatic heterocycles. The van der Waals surface area contributed by atoms with Crippen molar-refractivity contribution in [3.63, 3.8) is 0 Å². The largest absolute Gasteiger partial charge is 0.481 e. The molecule has 0 aromatic rings. The lowest BCUT2D eigenvalue weighted by Gasteiger charge is -2.37. The lowest BCUT2D eigenvalue weighted by Crippen LogP contribution is -2.39. The molecule has 1 amide bonds. The molecule has 6 nitrogen and oxygen atoms in total. The zero-order chi connectivity index (χ0) is 17.2. The Kier molecular flexibility index (Phi) is 5.16. The standard InChI is InChI=1S/C18H29NO5/c20-12-14-11-19(13-18(14)5-7-24-8-6-18)15(21)9-17(10-16(22)23)3-1-2-4-17/h14,20H,1-13H2,(H,22,23). The summed E-state index contributed by atoms with van der Waals surface area (Å²) in [5.74, 6) is -0.621. The summed E-state index contributed by atoms with van der Waals surface area (Å²) < 4.78 is 5.46. The van der Waals surface area contributed by atoms with Crippen LogP contribution in [0.2, 0.25) is 0 Å². The van der Waals surface area contributed by atoms with Gasteiger partial charge in [0.25, 0.3) is 0 Å². The molecule has 1 saturated carbocycles. The minimum absolute atomic E-state index is 0.0156. The molecule has 0 aromatic carbocycles. The molecule has 2 saturated heterocycles. The molecule has 3 fully saturated rings. The SMILES string of the molecule is O=C(O)CC1(CC(=O)N2CC(CO)C3(CCOCC3)C2)CCCC1. The van der Waals surface area contributed by atoms with Gasteiger partial charge < -0.3 is 19.8 Å². The van der Waals surface area contributed by atoms with E-state index in [0.717, 1.165) is 38.5 Å². The van der Waals surface area contributed by atoms with Crippen molar-refractivity contribution in [2.24, 2.45) is 16.7 Å². The number of amides is 1. The number of hydrogen-bond donors (Lipinski definition) is 2. The number of aliphatic carboxylic acids is 1. The highest BCUT2D eigenvalue weighted by Crippen LogP contribution is 2.47. The number of carboxylic acids is 1. The van der Waals surface area contributed by atoms with Crippen molar-refractivity contribution >= 4 is 11.9 Å². The molecule has 0 aromatic heterocycles. The number of hydrogen-bond acceptors (Lipinski definition) is 4. The number of carbonyl (C=O) groups is 2. The summed E-state index contributed by atoms with van der Waals surface area (Å²) in [4.78, 5) is 26.0. The average molecular weight is 339 g/mol. The highest BCUT2D eigenvalue weighted by Gasteiger charge is 2.49. The fraction of sp³-hybridized carbons (Fsp3) is 0.889. The molecule has 24 heavy (non-hydrogen) atoms. The first-order valence-corrected chi connectivity index (χ1v) is 9.17. The normalized spacial score (nSPS) is 28.4. The van der Waals surface area contributed by atoms with Crippen molar-refractivity contribution in [1.82, 2.24) is 4.90 Å². The van der Waals surface area contributed by atoms with Crippen LogP contribution in [0.4, 0.5) is 0 Å². The van der Waals surface area contributed by atoms with Crippen molar-refractivity contribution in [3.05, 3.63) is 0 Å². The second-order valence-electron chi connectivity index (χ2n) is 8.08. The maximum Gasteiger partial charge on any atom is 0.303 e. The number of ether oxygens (including phenoxy) is 1. The topological polar surface area (TPSA) is 87.1 Å². The fourth-order valence-corrected chi connectivity index (χ4v) is 5.11. The summed E-state index contributed by atoms with van der Waals surface area (Å²) in [6.45, 7) is 2.77. The van der Waals surface area contributed by atoms with Crippen LogP contribution in [0.5, 0.6) is 0 Å². The smallest absolute Gasteiger partial charge is 0.303 e. The molecule has 3 aliphatic rings. The second kappa shape index (κ2) is 7.00. The first-order chi connectivity index (χ1) is 11.5. The molecular weight excluding hydrogens is 310 g/mol. The predicted octanol–water partition coefficient (Wildman–Crippen LogP) is 1.66. The molecule has 3 rings (SSSR count). The van der Waals surface area contributed by atoms with Crippen LogP contribution in [-0.2, 0) is 14.3 Å². The van der Waals surface area contributed by atoms with Crippen molar-refractivity contribution < 1.29 is 24.5 Å². The Bertz CT molecular complexity index is 480. The maximum atomic E-state index is 12.9. The first kappa shape index (κ1) is 17.7. The molecule has 2 N–H and O–H groups in total. The van der Waals surface area contributed by atoms with Crippen molar-refractivity contribution in [3.8, 4) is 0 Å². The van der Waals surface area contributed by atoms with Crippen molar-refractivity contribution in [2.45, 2.75) is 51.4 Å². The highest BCUT2D eigenvalue weighted by molar-refractivity contribution is 5.78. The Morgan fingerprint density at radius 1 is 1.08 bits per heavy atom. The highest BCUT2D eigenvalue weighted by atomic mass is 16.5. The van der Waals surface area contributed by atoms with Gasteiger partial charge in [-0.3, -0.25) is 9.59 Å². The van der Waals surface area contributed by atoms with Gasteiger partial charge in [-0.05, 0) is 36.5 Å². The summed E-state index contributed by atoms with van der Waals surface area (Å²) >= 11 is 0. The average Bonchev–Trinajstić information content (AvgIpc) is 3.12. The number of rotatable bonds is 5. The summed E-state index contributed by atoms with van der Waals surface area (Å²) in [7, 11) is 0. The molecule has 1 atom stereocenters. The van der Waals surface area contributed by atoms with E-state index in [1.54, 1.807) is 0 Å². The van der Waals surface area contributed by atoms with Gasteiger partial charge in [-0.25, -0.2) is 0 Å². The molecule has 136 valence electrons. The molecule has 0 radical (unpaired) electrons. The Morgan fingerprint density at radius 2 is 1.75 bits per heavy atom. The van der Waals surface area contributed by atoms with E-state index in [-0.39, 0.29) is 35.7 Å². The molecule has 1 unspecified atom stereocenters. The summed E-state index contributed by atoms with van der Waals surface area (Å²) in [5, 5.41) is 19.0. The number of carbonyl (C=O) groups excluding carboxylic acids is 1. The van der Waals surface area contributed by atoms with Crippen LogP contribution in [0.1, 0.15) is 51.4 Å². The number of aliphatic hydroxyl groups is 1. The van der Waals surface area contributed by atoms with Crippen LogP contribution in [0.25, 0.3) is 0 Å². The van der Waals surface area contributed by atoms with E-state index in [4.69, 9.17) is 4.74 Å². The van der Waals surface area contributed by atoms with Crippen LogP contribution in [0, 0.1) is 16.7 Å². The van der Waals surface area contributed by atoms with Gasteiger partial charge in [0.1, 0.15) is 0 Å². The number of likely N-dealkylation sites (tertiary alicyclic amines) is 1. The van der Waals surface area contributed by atoms with E-state index in [2.05, 4.69) is 0 Å². The molecular formula is C18H29NO5. The molecule has 2 heterocycles. The third kappa shape index (κ3) is 3.45. The Hall–Kier alpha value is -1.14. The van der Waals surface area contributed by atoms with Crippen LogP contribution >= 0.6 is 0 Å². The van der Waals surface area contributed by atoms with Crippen LogP contribution in [0.3, 0.4) is 0 Å². The van der Waals surface area contributed by atoms with Gasteiger partial charge in [0.15, 0.2) is 0 Å². The Morgan fingerprint density at radius 3 is 2.33 bits per heavy atom. The van der Waals surface area contributed by atoms with Crippen molar-refractivity contribution in [1.29, 1.82) is 0 Å². The zero-order valence-corrected chi connectivity index (χ0v) is 14.3. The summed E-state index contributed by atoms with van der Waals surface area (Å²) in [5.41, 5.74) is -0.374. The minimum atomic E-state index is -0.805. The lowest BCUT2D eigenvalue weighted by molar-refractivity contribution is -0.141. The third-order valence-electron chi connectivity index (χ3n) is 6.59. The first-order valence-electron chi connectivity index (χ1n) is 9.17. The van der Waals surface area contributed by atoms with Gasteiger partial charge in [-0.2, -0.15) is 0 Å². The van der Waals surface area contributed by atoms with E-state index in [1.165, 1.54) is 0 Å². The van der Waals surface area contributed by atoms with Crippen LogP contribution < -0.4 is 0 Å². The maximum absolute atomic E-state index is 12.9. The Balaban J connectivity index is 1.67. The van der Waals surface area contributed by atoms with E-state index < -0.39 is 5.97 Å². The number of carboxylic acid groups (broad SMARTS) is 1. The van der Waals surface area contributed by atoms with E-state index in [0.29, 0.717) is 32.7 Å². The van der Waals surface area contributed by atoms with Gasteiger partial charge in [-0.1, -0.05) is 12.8 Å². The molecule has 0 bridgehead atoms. The van der Waals surface area contributed by atoms with Crippen LogP contribution in [0.15, 0.2) is 0 Å². The van der Waals surface area contributed by atoms with E-state index >= 15 is 0 Å². The zero-order valence-electron chi connectivity index (χ0n) is 14.3. The number of nitrogens with zero attached hydrogens (tertiary/aromatic N) is 1. The van der Waals surface area contributed by atoms with Gasteiger partial charge >= 0.3 is 5.97 Å². The van der Waals surface area contributed by atoms with Gasteiger partial charge in [0, 0.05) is 45.2 Å². The monoisotopic (exact) mass is 339 g/mol. The van der Waals surface area contributed by atoms with Gasteiger partial charge in [0.2, 0.25) is 5.91 Å². The second-order valence-corrected chi connectivity index (χ2v) is 8.08. The van der Waals surface area contributed by atoms with Gasteiger partial charge in [0.05, 0.1) is 6.42 Å². The number of aliphatic hydroxyl groups excluding tert-OH is 1. The molecule has 6 heteroatoms. The summed E-state index contributed by atoms with van der Waals surface area (Å²) in [6.07, 6.45) is 5.91. The third-order valence-corrected chi connectivity index (χ3v) is 6.59. The molecule has 1 aliphatic carbocycles. The van der Waals surface area contributed by atoms with Crippen molar-refractivity contribution in [2.75, 3.05) is 32.9 Å². The lowest BCUT2D eigenvalue weighted by atomic mass is 9.72. The summed E-state index contributed by atoms with van der Waals surface area (Å²) in [6, 6.07) is 0.